The molecule has 1 aromatic heterocycles. The molecule has 0 atom stereocenters. The maximum atomic E-state index is 11.0. The number of amides is 1. The quantitative estimate of drug-likeness (QED) is 0.335. The van der Waals surface area contributed by atoms with Gasteiger partial charge in [0.25, 0.3) is 11.6 Å². The summed E-state index contributed by atoms with van der Waals surface area (Å²) in [7, 11) is 0. The summed E-state index contributed by atoms with van der Waals surface area (Å²) in [4.78, 5) is 21.4. The molecule has 9 heteroatoms. The molecule has 0 aliphatic heterocycles. The number of furan rings is 1. The molecular weight excluding hydrogens is 434 g/mol. The van der Waals surface area contributed by atoms with E-state index >= 15 is 0 Å². The molecule has 2 aromatic rings. The number of nitro benzene ring substituents is 1. The van der Waals surface area contributed by atoms with Crippen molar-refractivity contribution in [3.05, 3.63) is 54.7 Å². The first kappa shape index (κ1) is 16.9. The number of halogens is 2. The zero-order valence-corrected chi connectivity index (χ0v) is 14.4. The van der Waals surface area contributed by atoms with E-state index in [0.717, 1.165) is 0 Å². The Labute approximate surface area is 146 Å². The fourth-order valence-corrected chi connectivity index (χ4v) is 3.32. The van der Waals surface area contributed by atoms with Gasteiger partial charge in [-0.25, -0.2) is 0 Å². The molecule has 0 saturated carbocycles. The van der Waals surface area contributed by atoms with Crippen molar-refractivity contribution in [1.29, 1.82) is 5.26 Å². The molecule has 2 N–H and O–H groups in total. The molecule has 7 nitrogen and oxygen atoms in total. The highest BCUT2D eigenvalue weighted by molar-refractivity contribution is 9.11. The van der Waals surface area contributed by atoms with E-state index in [2.05, 4.69) is 31.9 Å². The molecular formula is C14H7Br2N3O4. The second kappa shape index (κ2) is 6.76. The molecule has 23 heavy (non-hydrogen) atoms. The highest BCUT2D eigenvalue weighted by Gasteiger charge is 2.18. The van der Waals surface area contributed by atoms with Crippen LogP contribution in [0.15, 0.2) is 43.2 Å². The molecule has 1 aromatic carbocycles. The summed E-state index contributed by atoms with van der Waals surface area (Å²) in [6.07, 6.45) is 1.22. The Morgan fingerprint density at radius 2 is 1.96 bits per heavy atom. The van der Waals surface area contributed by atoms with Gasteiger partial charge in [-0.2, -0.15) is 5.26 Å². The van der Waals surface area contributed by atoms with Crippen molar-refractivity contribution in [1.82, 2.24) is 0 Å². The van der Waals surface area contributed by atoms with Crippen molar-refractivity contribution in [3.63, 3.8) is 0 Å². The van der Waals surface area contributed by atoms with Crippen LogP contribution in [0.3, 0.4) is 0 Å². The third-order valence-corrected chi connectivity index (χ3v) is 4.03. The number of carbonyl (C=O) groups is 1. The molecule has 0 aliphatic carbocycles. The van der Waals surface area contributed by atoms with Gasteiger partial charge in [0, 0.05) is 32.7 Å². The monoisotopic (exact) mass is 439 g/mol. The van der Waals surface area contributed by atoms with Crippen LogP contribution in [0.1, 0.15) is 5.76 Å². The molecule has 0 saturated heterocycles. The van der Waals surface area contributed by atoms with Crippen LogP contribution in [-0.2, 0) is 4.79 Å². The first-order chi connectivity index (χ1) is 10.8. The maximum absolute atomic E-state index is 11.0. The topological polar surface area (TPSA) is 123 Å². The highest BCUT2D eigenvalue weighted by atomic mass is 79.9. The third-order valence-electron chi connectivity index (χ3n) is 2.78. The van der Waals surface area contributed by atoms with Crippen LogP contribution in [-0.4, -0.2) is 10.8 Å². The Hall–Kier alpha value is -2.44. The molecule has 2 rings (SSSR count). The number of non-ortho nitro benzene ring substituents is 1. The van der Waals surface area contributed by atoms with Crippen LogP contribution in [0.2, 0.25) is 0 Å². The summed E-state index contributed by atoms with van der Waals surface area (Å²) in [6, 6.07) is 7.53. The number of primary amides is 1. The minimum atomic E-state index is -0.858. The minimum Gasteiger partial charge on any atom is -0.457 e. The fourth-order valence-electron chi connectivity index (χ4n) is 1.77. The number of nitriles is 1. The Bertz CT molecular complexity index is 857. The number of nitro groups is 1. The van der Waals surface area contributed by atoms with Crippen molar-refractivity contribution in [2.45, 2.75) is 0 Å². The van der Waals surface area contributed by atoms with Crippen LogP contribution in [0.4, 0.5) is 5.69 Å². The van der Waals surface area contributed by atoms with E-state index in [1.54, 1.807) is 18.2 Å². The predicted molar refractivity (Wildman–Crippen MR) is 89.0 cm³/mol. The van der Waals surface area contributed by atoms with E-state index in [1.165, 1.54) is 18.2 Å². The maximum Gasteiger partial charge on any atom is 0.271 e. The van der Waals surface area contributed by atoms with Gasteiger partial charge in [0.15, 0.2) is 0 Å². The van der Waals surface area contributed by atoms with Gasteiger partial charge >= 0.3 is 0 Å². The number of nitrogens with two attached hydrogens (primary N) is 1. The van der Waals surface area contributed by atoms with Gasteiger partial charge in [-0.15, -0.1) is 0 Å². The van der Waals surface area contributed by atoms with Crippen molar-refractivity contribution in [3.8, 4) is 17.4 Å². The zero-order valence-electron chi connectivity index (χ0n) is 11.2. The van der Waals surface area contributed by atoms with Crippen LogP contribution >= 0.6 is 31.9 Å². The Balaban J connectivity index is 2.48. The average Bonchev–Trinajstić information content (AvgIpc) is 2.91. The van der Waals surface area contributed by atoms with Gasteiger partial charge in [0.1, 0.15) is 23.2 Å². The van der Waals surface area contributed by atoms with E-state index in [0.29, 0.717) is 20.3 Å². The molecule has 1 amide bonds. The molecule has 0 fully saturated rings. The number of rotatable bonds is 4. The lowest BCUT2D eigenvalue weighted by atomic mass is 10.1. The van der Waals surface area contributed by atoms with E-state index in [4.69, 9.17) is 15.4 Å². The first-order valence-corrected chi connectivity index (χ1v) is 7.57. The van der Waals surface area contributed by atoms with E-state index in [1.807, 2.05) is 0 Å². The normalized spacial score (nSPS) is 11.1. The second-order valence-corrected chi connectivity index (χ2v) is 5.99. The van der Waals surface area contributed by atoms with Gasteiger partial charge < -0.3 is 10.2 Å². The Morgan fingerprint density at radius 1 is 1.35 bits per heavy atom. The summed E-state index contributed by atoms with van der Waals surface area (Å²) in [5.74, 6) is -0.206. The predicted octanol–water partition coefficient (Wildman–Crippen LogP) is 3.77. The van der Waals surface area contributed by atoms with Gasteiger partial charge in [-0.05, 0) is 44.0 Å². The molecule has 0 spiro atoms. The molecule has 116 valence electrons. The summed E-state index contributed by atoms with van der Waals surface area (Å²) >= 11 is 6.53. The van der Waals surface area contributed by atoms with Crippen LogP contribution in [0.25, 0.3) is 17.4 Å². The lowest BCUT2D eigenvalue weighted by Gasteiger charge is -2.04. The summed E-state index contributed by atoms with van der Waals surface area (Å²) in [5.41, 5.74) is 5.29. The molecule has 0 aliphatic rings. The lowest BCUT2D eigenvalue weighted by Crippen LogP contribution is -2.12. The summed E-state index contributed by atoms with van der Waals surface area (Å²) < 4.78 is 6.46. The highest BCUT2D eigenvalue weighted by Crippen LogP contribution is 2.39. The Morgan fingerprint density at radius 3 is 2.43 bits per heavy atom. The van der Waals surface area contributed by atoms with Crippen molar-refractivity contribution in [2.24, 2.45) is 5.73 Å². The van der Waals surface area contributed by atoms with Gasteiger partial charge in [-0.3, -0.25) is 14.9 Å². The minimum absolute atomic E-state index is 0.0836. The SMILES string of the molecule is N#C/C(=C/c1ccc(-c2c(Br)cc([N+](=O)[O-])cc2Br)o1)C(N)=O. The van der Waals surface area contributed by atoms with Crippen molar-refractivity contribution >= 4 is 49.5 Å². The molecule has 0 radical (unpaired) electrons. The lowest BCUT2D eigenvalue weighted by molar-refractivity contribution is -0.385. The zero-order chi connectivity index (χ0) is 17.1. The largest absolute Gasteiger partial charge is 0.457 e. The number of benzene rings is 1. The smallest absolute Gasteiger partial charge is 0.271 e. The first-order valence-electron chi connectivity index (χ1n) is 5.98. The van der Waals surface area contributed by atoms with Crippen LogP contribution < -0.4 is 5.73 Å². The summed E-state index contributed by atoms with van der Waals surface area (Å²) in [6.45, 7) is 0. The van der Waals surface area contributed by atoms with E-state index in [-0.39, 0.29) is 17.0 Å². The number of nitrogens with zero attached hydrogens (tertiary/aromatic N) is 2. The molecule has 1 heterocycles. The number of carbonyl (C=O) groups excluding carboxylic acids is 1. The fraction of sp³-hybridized carbons (Fsp3) is 0. The average molecular weight is 441 g/mol. The Kier molecular flexibility index (Phi) is 4.98. The molecule has 0 unspecified atom stereocenters. The van der Waals surface area contributed by atoms with Crippen LogP contribution in [0, 0.1) is 21.4 Å². The van der Waals surface area contributed by atoms with Crippen molar-refractivity contribution in [2.75, 3.05) is 0 Å². The summed E-state index contributed by atoms with van der Waals surface area (Å²) in [5, 5.41) is 19.6. The van der Waals surface area contributed by atoms with Crippen molar-refractivity contribution < 1.29 is 14.1 Å². The number of hydrogen-bond acceptors (Lipinski definition) is 5. The van der Waals surface area contributed by atoms with Crippen LogP contribution in [0.5, 0.6) is 0 Å². The third kappa shape index (κ3) is 3.67. The van der Waals surface area contributed by atoms with Gasteiger partial charge in [0.2, 0.25) is 0 Å². The number of hydrogen-bond donors (Lipinski definition) is 1. The standard InChI is InChI=1S/C14H7Br2N3O4/c15-10-4-8(19(21)22)5-11(16)13(10)12-2-1-9(23-12)3-7(6-17)14(18)20/h1-5H,(H2,18,20)/b7-3-. The van der Waals surface area contributed by atoms with Gasteiger partial charge in [-0.1, -0.05) is 0 Å². The molecule has 0 bridgehead atoms. The second-order valence-electron chi connectivity index (χ2n) is 4.28. The van der Waals surface area contributed by atoms with E-state index in [9.17, 15) is 14.9 Å². The van der Waals surface area contributed by atoms with Gasteiger partial charge in [0.05, 0.1) is 4.92 Å². The van der Waals surface area contributed by atoms with E-state index < -0.39 is 10.8 Å².